The van der Waals surface area contributed by atoms with Gasteiger partial charge in [-0.3, -0.25) is 0 Å². The zero-order chi connectivity index (χ0) is 13.0. The quantitative estimate of drug-likeness (QED) is 0.882. The molecule has 1 aliphatic rings. The van der Waals surface area contributed by atoms with E-state index < -0.39 is 12.0 Å². The predicted molar refractivity (Wildman–Crippen MR) is 68.6 cm³/mol. The van der Waals surface area contributed by atoms with Crippen molar-refractivity contribution in [3.63, 3.8) is 0 Å². The molecular weight excluding hydrogens is 230 g/mol. The van der Waals surface area contributed by atoms with E-state index in [0.717, 1.165) is 43.7 Å². The number of nitrogens with zero attached hydrogens (tertiary/aromatic N) is 3. The Bertz CT molecular complexity index is 422. The molecule has 0 radical (unpaired) electrons. The molecular formula is C13H19N3O2. The molecule has 1 unspecified atom stereocenters. The minimum atomic E-state index is -0.759. The fraction of sp³-hybridized carbons (Fsp3) is 0.615. The maximum Gasteiger partial charge on any atom is 0.326 e. The fourth-order valence-corrected chi connectivity index (χ4v) is 2.40. The van der Waals surface area contributed by atoms with E-state index in [1.165, 1.54) is 6.33 Å². The lowest BCUT2D eigenvalue weighted by molar-refractivity contribution is -0.139. The number of carboxylic acids is 1. The van der Waals surface area contributed by atoms with Gasteiger partial charge in [0, 0.05) is 18.3 Å². The number of aryl methyl sites for hydroxylation is 1. The van der Waals surface area contributed by atoms with Crippen LogP contribution in [0.4, 0.5) is 5.82 Å². The molecule has 2 heterocycles. The number of carbonyl (C=O) groups is 1. The molecule has 0 amide bonds. The van der Waals surface area contributed by atoms with Crippen LogP contribution in [0.1, 0.15) is 38.3 Å². The van der Waals surface area contributed by atoms with Crippen LogP contribution in [0.2, 0.25) is 0 Å². The van der Waals surface area contributed by atoms with E-state index in [0.29, 0.717) is 6.42 Å². The van der Waals surface area contributed by atoms with Gasteiger partial charge in [0.05, 0.1) is 0 Å². The summed E-state index contributed by atoms with van der Waals surface area (Å²) >= 11 is 0. The normalized spacial score (nSPS) is 19.8. The third-order valence-corrected chi connectivity index (χ3v) is 3.30. The SMILES string of the molecule is CCCc1cc(N2CCCCC2C(=O)O)ncn1. The van der Waals surface area contributed by atoms with Crippen molar-refractivity contribution < 1.29 is 9.90 Å². The van der Waals surface area contributed by atoms with E-state index >= 15 is 0 Å². The third kappa shape index (κ3) is 2.78. The van der Waals surface area contributed by atoms with Gasteiger partial charge in [-0.15, -0.1) is 0 Å². The van der Waals surface area contributed by atoms with Crippen LogP contribution in [0.25, 0.3) is 0 Å². The van der Waals surface area contributed by atoms with Gasteiger partial charge in [0.25, 0.3) is 0 Å². The van der Waals surface area contributed by atoms with Crippen LogP contribution >= 0.6 is 0 Å². The smallest absolute Gasteiger partial charge is 0.326 e. The molecule has 1 aliphatic heterocycles. The number of rotatable bonds is 4. The number of carboxylic acid groups (broad SMARTS) is 1. The molecule has 5 nitrogen and oxygen atoms in total. The highest BCUT2D eigenvalue weighted by atomic mass is 16.4. The predicted octanol–water partition coefficient (Wildman–Crippen LogP) is 1.87. The van der Waals surface area contributed by atoms with Gasteiger partial charge < -0.3 is 10.0 Å². The van der Waals surface area contributed by atoms with Crippen LogP contribution in [-0.2, 0) is 11.2 Å². The first-order valence-corrected chi connectivity index (χ1v) is 6.52. The summed E-state index contributed by atoms with van der Waals surface area (Å²) in [5.41, 5.74) is 0.984. The van der Waals surface area contributed by atoms with Crippen molar-refractivity contribution in [3.8, 4) is 0 Å². The Hall–Kier alpha value is -1.65. The van der Waals surface area contributed by atoms with E-state index in [-0.39, 0.29) is 0 Å². The lowest BCUT2D eigenvalue weighted by atomic mass is 10.0. The minimum Gasteiger partial charge on any atom is -0.480 e. The summed E-state index contributed by atoms with van der Waals surface area (Å²) in [5.74, 6) is -0.00842. The molecule has 0 spiro atoms. The summed E-state index contributed by atoms with van der Waals surface area (Å²) in [6, 6.07) is 1.48. The zero-order valence-corrected chi connectivity index (χ0v) is 10.7. The molecule has 98 valence electrons. The molecule has 1 aromatic rings. The van der Waals surface area contributed by atoms with Gasteiger partial charge in [0.15, 0.2) is 0 Å². The second-order valence-corrected chi connectivity index (χ2v) is 4.66. The highest BCUT2D eigenvalue weighted by Crippen LogP contribution is 2.23. The van der Waals surface area contributed by atoms with Crippen molar-refractivity contribution in [2.45, 2.75) is 45.1 Å². The van der Waals surface area contributed by atoms with Crippen LogP contribution in [-0.4, -0.2) is 33.6 Å². The zero-order valence-electron chi connectivity index (χ0n) is 10.7. The number of aromatic nitrogens is 2. The number of anilines is 1. The van der Waals surface area contributed by atoms with Crippen LogP contribution in [0.5, 0.6) is 0 Å². The summed E-state index contributed by atoms with van der Waals surface area (Å²) in [6.07, 6.45) is 6.16. The van der Waals surface area contributed by atoms with Gasteiger partial charge >= 0.3 is 5.97 Å². The summed E-state index contributed by atoms with van der Waals surface area (Å²) in [4.78, 5) is 21.6. The van der Waals surface area contributed by atoms with Crippen LogP contribution in [0.15, 0.2) is 12.4 Å². The molecule has 0 saturated carbocycles. The van der Waals surface area contributed by atoms with Crippen molar-refractivity contribution >= 4 is 11.8 Å². The van der Waals surface area contributed by atoms with Crippen molar-refractivity contribution in [1.82, 2.24) is 9.97 Å². The Morgan fingerprint density at radius 1 is 1.50 bits per heavy atom. The number of hydrogen-bond donors (Lipinski definition) is 1. The highest BCUT2D eigenvalue weighted by Gasteiger charge is 2.29. The van der Waals surface area contributed by atoms with Crippen molar-refractivity contribution in [2.24, 2.45) is 0 Å². The van der Waals surface area contributed by atoms with Crippen molar-refractivity contribution in [3.05, 3.63) is 18.1 Å². The van der Waals surface area contributed by atoms with Crippen LogP contribution < -0.4 is 4.90 Å². The lowest BCUT2D eigenvalue weighted by Gasteiger charge is -2.33. The maximum absolute atomic E-state index is 11.3. The molecule has 1 fully saturated rings. The first-order chi connectivity index (χ1) is 8.72. The first-order valence-electron chi connectivity index (χ1n) is 6.52. The van der Waals surface area contributed by atoms with Gasteiger partial charge in [0.1, 0.15) is 18.2 Å². The minimum absolute atomic E-state index is 0.442. The van der Waals surface area contributed by atoms with Gasteiger partial charge in [-0.2, -0.15) is 0 Å². The average Bonchev–Trinajstić information content (AvgIpc) is 2.39. The van der Waals surface area contributed by atoms with Crippen molar-refractivity contribution in [2.75, 3.05) is 11.4 Å². The molecule has 18 heavy (non-hydrogen) atoms. The van der Waals surface area contributed by atoms with Gasteiger partial charge in [-0.1, -0.05) is 13.3 Å². The Morgan fingerprint density at radius 2 is 2.33 bits per heavy atom. The fourth-order valence-electron chi connectivity index (χ4n) is 2.40. The van der Waals surface area contributed by atoms with E-state index in [2.05, 4.69) is 16.9 Å². The summed E-state index contributed by atoms with van der Waals surface area (Å²) in [5, 5.41) is 9.26. The third-order valence-electron chi connectivity index (χ3n) is 3.30. The van der Waals surface area contributed by atoms with Crippen LogP contribution in [0.3, 0.4) is 0 Å². The van der Waals surface area contributed by atoms with Crippen molar-refractivity contribution in [1.29, 1.82) is 0 Å². The maximum atomic E-state index is 11.3. The van der Waals surface area contributed by atoms with E-state index in [9.17, 15) is 9.90 Å². The molecule has 0 bridgehead atoms. The van der Waals surface area contributed by atoms with Gasteiger partial charge in [-0.05, 0) is 25.7 Å². The summed E-state index contributed by atoms with van der Waals surface area (Å²) < 4.78 is 0. The van der Waals surface area contributed by atoms with Gasteiger partial charge in [0.2, 0.25) is 0 Å². The summed E-state index contributed by atoms with van der Waals surface area (Å²) in [7, 11) is 0. The van der Waals surface area contributed by atoms with Gasteiger partial charge in [-0.25, -0.2) is 14.8 Å². The molecule has 0 aromatic carbocycles. The Labute approximate surface area is 107 Å². The van der Waals surface area contributed by atoms with E-state index in [1.807, 2.05) is 11.0 Å². The molecule has 1 aromatic heterocycles. The van der Waals surface area contributed by atoms with Crippen LogP contribution in [0, 0.1) is 0 Å². The largest absolute Gasteiger partial charge is 0.480 e. The number of hydrogen-bond acceptors (Lipinski definition) is 4. The van der Waals surface area contributed by atoms with E-state index in [4.69, 9.17) is 0 Å². The second kappa shape index (κ2) is 5.80. The number of piperidine rings is 1. The Morgan fingerprint density at radius 3 is 3.06 bits per heavy atom. The monoisotopic (exact) mass is 249 g/mol. The average molecular weight is 249 g/mol. The first kappa shape index (κ1) is 12.8. The molecule has 2 rings (SSSR count). The standard InChI is InChI=1S/C13H19N3O2/c1-2-5-10-8-12(15-9-14-10)16-7-4-3-6-11(16)13(17)18/h8-9,11H,2-7H2,1H3,(H,17,18). The second-order valence-electron chi connectivity index (χ2n) is 4.66. The summed E-state index contributed by atoms with van der Waals surface area (Å²) in [6.45, 7) is 2.86. The number of aliphatic carboxylic acids is 1. The molecule has 1 saturated heterocycles. The molecule has 1 N–H and O–H groups in total. The molecule has 5 heteroatoms. The topological polar surface area (TPSA) is 66.3 Å². The lowest BCUT2D eigenvalue weighted by Crippen LogP contribution is -2.45. The molecule has 1 atom stereocenters. The highest BCUT2D eigenvalue weighted by molar-refractivity contribution is 5.77. The molecule has 0 aliphatic carbocycles. The Balaban J connectivity index is 2.22. The Kier molecular flexibility index (Phi) is 4.12. The van der Waals surface area contributed by atoms with E-state index in [1.54, 1.807) is 0 Å².